The van der Waals surface area contributed by atoms with Gasteiger partial charge in [0.2, 0.25) is 0 Å². The maximum Gasteiger partial charge on any atom is 0.0595 e. The summed E-state index contributed by atoms with van der Waals surface area (Å²) < 4.78 is 2.26. The summed E-state index contributed by atoms with van der Waals surface area (Å²) in [7, 11) is 0. The van der Waals surface area contributed by atoms with Crippen molar-refractivity contribution in [1.29, 1.82) is 0 Å². The van der Waals surface area contributed by atoms with Crippen LogP contribution in [0.2, 0.25) is 10.0 Å². The molecular formula is C22H19Cl2N3. The first kappa shape index (κ1) is 18.1. The largest absolute Gasteiger partial charge is 0.343 e. The maximum atomic E-state index is 6.17. The third kappa shape index (κ3) is 4.16. The molecule has 0 fully saturated rings. The summed E-state index contributed by atoms with van der Waals surface area (Å²) in [6, 6.07) is 18.3. The van der Waals surface area contributed by atoms with Crippen LogP contribution in [-0.4, -0.2) is 9.55 Å². The molecule has 1 N–H and O–H groups in total. The minimum atomic E-state index is 0.582. The van der Waals surface area contributed by atoms with Crippen LogP contribution in [0.4, 0.5) is 0 Å². The molecule has 0 aliphatic carbocycles. The van der Waals surface area contributed by atoms with Gasteiger partial charge in [0, 0.05) is 49.1 Å². The fraction of sp³-hybridized carbons (Fsp3) is 0.136. The number of nitrogens with zero attached hydrogens (tertiary/aromatic N) is 2. The number of fused-ring (bicyclic) bond motifs is 1. The van der Waals surface area contributed by atoms with Gasteiger partial charge in [-0.15, -0.1) is 0 Å². The lowest BCUT2D eigenvalue weighted by molar-refractivity contribution is 0.690. The van der Waals surface area contributed by atoms with E-state index < -0.39 is 0 Å². The molecule has 2 aromatic carbocycles. The molecule has 136 valence electrons. The molecule has 0 spiro atoms. The molecule has 0 saturated heterocycles. The second-order valence-electron chi connectivity index (χ2n) is 6.51. The third-order valence-electron chi connectivity index (χ3n) is 4.58. The van der Waals surface area contributed by atoms with Crippen LogP contribution in [0, 0.1) is 0 Å². The highest BCUT2D eigenvalue weighted by atomic mass is 35.5. The van der Waals surface area contributed by atoms with E-state index in [-0.39, 0.29) is 0 Å². The molecule has 27 heavy (non-hydrogen) atoms. The van der Waals surface area contributed by atoms with Crippen molar-refractivity contribution in [3.8, 4) is 0 Å². The van der Waals surface area contributed by atoms with Crippen molar-refractivity contribution in [2.75, 3.05) is 0 Å². The lowest BCUT2D eigenvalue weighted by Gasteiger charge is -2.07. The zero-order valence-corrected chi connectivity index (χ0v) is 16.2. The molecule has 0 aliphatic heterocycles. The van der Waals surface area contributed by atoms with Crippen molar-refractivity contribution >= 4 is 34.1 Å². The van der Waals surface area contributed by atoms with E-state index in [4.69, 9.17) is 23.2 Å². The second-order valence-corrected chi connectivity index (χ2v) is 7.33. The number of benzene rings is 2. The van der Waals surface area contributed by atoms with Crippen LogP contribution in [0.1, 0.15) is 16.7 Å². The summed E-state index contributed by atoms with van der Waals surface area (Å²) in [5, 5.41) is 5.94. The molecular weight excluding hydrogens is 377 g/mol. The first-order chi connectivity index (χ1) is 13.2. The van der Waals surface area contributed by atoms with Crippen LogP contribution >= 0.6 is 23.2 Å². The van der Waals surface area contributed by atoms with Gasteiger partial charge in [0.15, 0.2) is 0 Å². The fourth-order valence-corrected chi connectivity index (χ4v) is 3.59. The molecule has 3 nitrogen and oxygen atoms in total. The smallest absolute Gasteiger partial charge is 0.0595 e. The van der Waals surface area contributed by atoms with Gasteiger partial charge in [0.1, 0.15) is 0 Å². The predicted octanol–water partition coefficient (Wildman–Crippen LogP) is 5.68. The Kier molecular flexibility index (Phi) is 5.44. The van der Waals surface area contributed by atoms with Crippen molar-refractivity contribution < 1.29 is 0 Å². The Hall–Kier alpha value is -2.33. The normalized spacial score (nSPS) is 11.2. The van der Waals surface area contributed by atoms with E-state index in [1.54, 1.807) is 6.20 Å². The van der Waals surface area contributed by atoms with Gasteiger partial charge in [-0.2, -0.15) is 0 Å². The Labute approximate surface area is 168 Å². The number of pyridine rings is 1. The number of hydrogen-bond acceptors (Lipinski definition) is 2. The highest BCUT2D eigenvalue weighted by Crippen LogP contribution is 2.26. The minimum absolute atomic E-state index is 0.582. The van der Waals surface area contributed by atoms with Gasteiger partial charge < -0.3 is 9.88 Å². The summed E-state index contributed by atoms with van der Waals surface area (Å²) in [5.41, 5.74) is 4.79. The Balaban J connectivity index is 1.56. The molecule has 0 unspecified atom stereocenters. The third-order valence-corrected chi connectivity index (χ3v) is 5.31. The fourth-order valence-electron chi connectivity index (χ4n) is 3.27. The van der Waals surface area contributed by atoms with Crippen LogP contribution in [-0.2, 0) is 19.6 Å². The molecule has 4 rings (SSSR count). The lowest BCUT2D eigenvalue weighted by Crippen LogP contribution is -2.12. The summed E-state index contributed by atoms with van der Waals surface area (Å²) >= 11 is 12.2. The maximum absolute atomic E-state index is 6.17. The number of para-hydroxylation sites is 1. The van der Waals surface area contributed by atoms with Gasteiger partial charge in [-0.1, -0.05) is 53.5 Å². The van der Waals surface area contributed by atoms with E-state index in [2.05, 4.69) is 51.4 Å². The van der Waals surface area contributed by atoms with Crippen molar-refractivity contribution in [2.24, 2.45) is 0 Å². The van der Waals surface area contributed by atoms with Gasteiger partial charge in [-0.05, 0) is 41.0 Å². The van der Waals surface area contributed by atoms with Gasteiger partial charge in [0.05, 0.1) is 10.0 Å². The molecule has 4 aromatic rings. The number of aromatic nitrogens is 2. The number of halogens is 2. The van der Waals surface area contributed by atoms with Crippen LogP contribution < -0.4 is 5.32 Å². The van der Waals surface area contributed by atoms with Gasteiger partial charge in [0.25, 0.3) is 0 Å². The lowest BCUT2D eigenvalue weighted by atomic mass is 10.1. The number of rotatable bonds is 6. The van der Waals surface area contributed by atoms with Crippen molar-refractivity contribution in [3.63, 3.8) is 0 Å². The molecule has 0 radical (unpaired) electrons. The van der Waals surface area contributed by atoms with E-state index in [9.17, 15) is 0 Å². The summed E-state index contributed by atoms with van der Waals surface area (Å²) in [6.07, 6.45) is 5.89. The monoisotopic (exact) mass is 395 g/mol. The van der Waals surface area contributed by atoms with E-state index in [1.165, 1.54) is 22.0 Å². The Morgan fingerprint density at radius 3 is 2.59 bits per heavy atom. The van der Waals surface area contributed by atoms with Gasteiger partial charge in [-0.25, -0.2) is 0 Å². The average Bonchev–Trinajstić information content (AvgIpc) is 3.03. The zero-order chi connectivity index (χ0) is 18.6. The first-order valence-corrected chi connectivity index (χ1v) is 9.56. The van der Waals surface area contributed by atoms with Gasteiger partial charge in [-0.3, -0.25) is 4.98 Å². The standard InChI is InChI=1S/C22H19Cl2N3/c23-20-8-7-16(10-21(20)24)14-27-15-18(19-5-1-2-6-22(19)27)13-26-12-17-4-3-9-25-11-17/h1-11,15,26H,12-14H2. The van der Waals surface area contributed by atoms with E-state index in [0.717, 1.165) is 25.2 Å². The molecule has 0 amide bonds. The van der Waals surface area contributed by atoms with Gasteiger partial charge >= 0.3 is 0 Å². The first-order valence-electron chi connectivity index (χ1n) is 8.81. The molecule has 0 bridgehead atoms. The van der Waals surface area contributed by atoms with Crippen molar-refractivity contribution in [2.45, 2.75) is 19.6 Å². The van der Waals surface area contributed by atoms with Crippen LogP contribution in [0.15, 0.2) is 73.2 Å². The van der Waals surface area contributed by atoms with Crippen molar-refractivity contribution in [1.82, 2.24) is 14.9 Å². The zero-order valence-electron chi connectivity index (χ0n) is 14.7. The van der Waals surface area contributed by atoms with Crippen LogP contribution in [0.25, 0.3) is 10.9 Å². The quantitative estimate of drug-likeness (QED) is 0.454. The number of hydrogen-bond donors (Lipinski definition) is 1. The minimum Gasteiger partial charge on any atom is -0.343 e. The summed E-state index contributed by atoms with van der Waals surface area (Å²) in [6.45, 7) is 2.34. The van der Waals surface area contributed by atoms with E-state index in [0.29, 0.717) is 10.0 Å². The topological polar surface area (TPSA) is 29.9 Å². The Bertz CT molecular complexity index is 1060. The van der Waals surface area contributed by atoms with Crippen LogP contribution in [0.3, 0.4) is 0 Å². The second kappa shape index (κ2) is 8.13. The SMILES string of the molecule is Clc1ccc(Cn2cc(CNCc3cccnc3)c3ccccc32)cc1Cl. The molecule has 2 heterocycles. The Morgan fingerprint density at radius 2 is 1.78 bits per heavy atom. The number of nitrogens with one attached hydrogen (secondary N) is 1. The molecule has 2 aromatic heterocycles. The predicted molar refractivity (Wildman–Crippen MR) is 112 cm³/mol. The Morgan fingerprint density at radius 1 is 0.889 bits per heavy atom. The molecule has 0 saturated carbocycles. The van der Waals surface area contributed by atoms with E-state index in [1.807, 2.05) is 30.5 Å². The molecule has 0 atom stereocenters. The van der Waals surface area contributed by atoms with Crippen LogP contribution in [0.5, 0.6) is 0 Å². The average molecular weight is 396 g/mol. The summed E-state index contributed by atoms with van der Waals surface area (Å²) in [4.78, 5) is 4.16. The van der Waals surface area contributed by atoms with Crippen molar-refractivity contribution in [3.05, 3.63) is 99.9 Å². The molecule has 0 aliphatic rings. The summed E-state index contributed by atoms with van der Waals surface area (Å²) in [5.74, 6) is 0. The molecule has 5 heteroatoms. The highest BCUT2D eigenvalue weighted by Gasteiger charge is 2.09. The highest BCUT2D eigenvalue weighted by molar-refractivity contribution is 6.42. The van der Waals surface area contributed by atoms with E-state index >= 15 is 0 Å².